The van der Waals surface area contributed by atoms with Crippen LogP contribution in [0.1, 0.15) is 66.2 Å². The van der Waals surface area contributed by atoms with Crippen molar-refractivity contribution in [1.82, 2.24) is 5.32 Å². The van der Waals surface area contributed by atoms with Crippen LogP contribution in [-0.2, 0) is 9.53 Å². The van der Waals surface area contributed by atoms with Crippen molar-refractivity contribution in [3.05, 3.63) is 52.2 Å². The standard InChI is InChI=1S/C24H29NO5S/c1-2-29-24(28)18-7-11-21(12-8-18)30-20-9-5-17(6-10-20)22(26)4-3-14-25-23(27)19-13-15-31-16-19/h5-6,9-10,13,15-16,18,21H,2-4,7-8,11-12,14H2,1H3,(H,25,27). The second-order valence-corrected chi connectivity index (χ2v) is 8.44. The van der Waals surface area contributed by atoms with Crippen molar-refractivity contribution >= 4 is 29.0 Å². The lowest BCUT2D eigenvalue weighted by atomic mass is 9.87. The third kappa shape index (κ3) is 6.92. The van der Waals surface area contributed by atoms with E-state index >= 15 is 0 Å². The molecule has 7 heteroatoms. The second kappa shape index (κ2) is 11.6. The molecule has 1 aromatic heterocycles. The van der Waals surface area contributed by atoms with E-state index in [9.17, 15) is 14.4 Å². The summed E-state index contributed by atoms with van der Waals surface area (Å²) in [4.78, 5) is 36.1. The van der Waals surface area contributed by atoms with E-state index in [1.807, 2.05) is 24.4 Å². The Morgan fingerprint density at radius 2 is 1.77 bits per heavy atom. The predicted octanol–water partition coefficient (Wildman–Crippen LogP) is 4.64. The minimum atomic E-state index is -0.105. The highest BCUT2D eigenvalue weighted by Gasteiger charge is 2.28. The summed E-state index contributed by atoms with van der Waals surface area (Å²) in [5, 5.41) is 6.49. The molecule has 0 bridgehead atoms. The van der Waals surface area contributed by atoms with Crippen LogP contribution in [0.5, 0.6) is 5.75 Å². The average Bonchev–Trinajstić information content (AvgIpc) is 3.33. The Morgan fingerprint density at radius 3 is 2.42 bits per heavy atom. The summed E-state index contributed by atoms with van der Waals surface area (Å²) >= 11 is 1.48. The fraction of sp³-hybridized carbons (Fsp3) is 0.458. The van der Waals surface area contributed by atoms with Crippen LogP contribution in [0, 0.1) is 5.92 Å². The van der Waals surface area contributed by atoms with Crippen LogP contribution >= 0.6 is 11.3 Å². The number of ether oxygens (including phenoxy) is 2. The first-order chi connectivity index (χ1) is 15.1. The minimum absolute atomic E-state index is 0.0187. The van der Waals surface area contributed by atoms with E-state index in [2.05, 4.69) is 5.32 Å². The van der Waals surface area contributed by atoms with Crippen molar-refractivity contribution in [3.63, 3.8) is 0 Å². The SMILES string of the molecule is CCOC(=O)C1CCC(Oc2ccc(C(=O)CCCNC(=O)c3ccsc3)cc2)CC1. The summed E-state index contributed by atoms with van der Waals surface area (Å²) in [5.74, 6) is 0.557. The topological polar surface area (TPSA) is 81.7 Å². The Kier molecular flexibility index (Phi) is 8.64. The molecule has 0 atom stereocenters. The maximum Gasteiger partial charge on any atom is 0.308 e. The largest absolute Gasteiger partial charge is 0.490 e. The van der Waals surface area contributed by atoms with Gasteiger partial charge in [-0.1, -0.05) is 0 Å². The maximum absolute atomic E-state index is 12.4. The molecule has 1 aromatic carbocycles. The zero-order chi connectivity index (χ0) is 22.1. The third-order valence-corrected chi connectivity index (χ3v) is 6.11. The second-order valence-electron chi connectivity index (χ2n) is 7.66. The van der Waals surface area contributed by atoms with Crippen LogP contribution < -0.4 is 10.1 Å². The van der Waals surface area contributed by atoms with E-state index in [1.165, 1.54) is 11.3 Å². The fourth-order valence-corrected chi connectivity index (χ4v) is 4.32. The molecule has 1 aliphatic carbocycles. The summed E-state index contributed by atoms with van der Waals surface area (Å²) in [6.07, 6.45) is 4.26. The van der Waals surface area contributed by atoms with E-state index in [0.29, 0.717) is 37.1 Å². The number of Topliss-reactive ketones (excluding diaryl/α,β-unsaturated/α-hetero) is 1. The van der Waals surface area contributed by atoms with Gasteiger partial charge < -0.3 is 14.8 Å². The number of rotatable bonds is 10. The van der Waals surface area contributed by atoms with Crippen LogP contribution in [0.4, 0.5) is 0 Å². The molecule has 1 amide bonds. The molecule has 1 aliphatic rings. The minimum Gasteiger partial charge on any atom is -0.490 e. The van der Waals surface area contributed by atoms with E-state index < -0.39 is 0 Å². The molecule has 0 radical (unpaired) electrons. The van der Waals surface area contributed by atoms with Crippen molar-refractivity contribution in [2.75, 3.05) is 13.2 Å². The van der Waals surface area contributed by atoms with Gasteiger partial charge >= 0.3 is 5.97 Å². The lowest BCUT2D eigenvalue weighted by Gasteiger charge is -2.27. The summed E-state index contributed by atoms with van der Waals surface area (Å²) in [6, 6.07) is 8.99. The molecular weight excluding hydrogens is 414 g/mol. The molecule has 1 heterocycles. The molecule has 6 nitrogen and oxygen atoms in total. The summed E-state index contributed by atoms with van der Waals surface area (Å²) in [6.45, 7) is 2.71. The molecule has 3 rings (SSSR count). The Balaban J connectivity index is 1.37. The van der Waals surface area contributed by atoms with Gasteiger partial charge in [-0.2, -0.15) is 11.3 Å². The zero-order valence-electron chi connectivity index (χ0n) is 17.8. The highest BCUT2D eigenvalue weighted by molar-refractivity contribution is 7.08. The molecule has 0 spiro atoms. The van der Waals surface area contributed by atoms with Gasteiger partial charge in [0.1, 0.15) is 5.75 Å². The number of carbonyl (C=O) groups excluding carboxylic acids is 3. The highest BCUT2D eigenvalue weighted by atomic mass is 32.1. The number of thiophene rings is 1. The van der Waals surface area contributed by atoms with E-state index in [-0.39, 0.29) is 29.7 Å². The molecule has 0 unspecified atom stereocenters. The van der Waals surface area contributed by atoms with E-state index in [0.717, 1.165) is 31.4 Å². The van der Waals surface area contributed by atoms with Gasteiger partial charge in [-0.3, -0.25) is 14.4 Å². The van der Waals surface area contributed by atoms with Gasteiger partial charge in [-0.15, -0.1) is 0 Å². The quantitative estimate of drug-likeness (QED) is 0.329. The molecule has 31 heavy (non-hydrogen) atoms. The Bertz CT molecular complexity index is 855. The average molecular weight is 444 g/mol. The van der Waals surface area contributed by atoms with Crippen LogP contribution in [0.25, 0.3) is 0 Å². The number of ketones is 1. The monoisotopic (exact) mass is 443 g/mol. The Hall–Kier alpha value is -2.67. The lowest BCUT2D eigenvalue weighted by Crippen LogP contribution is -2.29. The number of hydrogen-bond acceptors (Lipinski definition) is 6. The third-order valence-electron chi connectivity index (χ3n) is 5.42. The maximum atomic E-state index is 12.4. The van der Waals surface area contributed by atoms with Gasteiger partial charge in [0.25, 0.3) is 5.91 Å². The number of esters is 1. The van der Waals surface area contributed by atoms with Gasteiger partial charge in [0.15, 0.2) is 5.78 Å². The number of nitrogens with one attached hydrogen (secondary N) is 1. The van der Waals surface area contributed by atoms with Crippen molar-refractivity contribution < 1.29 is 23.9 Å². The summed E-state index contributed by atoms with van der Waals surface area (Å²) in [5.41, 5.74) is 1.30. The van der Waals surface area contributed by atoms with Gasteiger partial charge in [0.05, 0.1) is 18.6 Å². The summed E-state index contributed by atoms with van der Waals surface area (Å²) < 4.78 is 11.1. The number of carbonyl (C=O) groups is 3. The van der Waals surface area contributed by atoms with Gasteiger partial charge in [0.2, 0.25) is 0 Å². The molecule has 1 saturated carbocycles. The van der Waals surface area contributed by atoms with Crippen molar-refractivity contribution in [2.24, 2.45) is 5.92 Å². The molecule has 1 fully saturated rings. The van der Waals surface area contributed by atoms with Crippen molar-refractivity contribution in [3.8, 4) is 5.75 Å². The first-order valence-corrected chi connectivity index (χ1v) is 11.8. The lowest BCUT2D eigenvalue weighted by molar-refractivity contribution is -0.149. The number of amides is 1. The van der Waals surface area contributed by atoms with Crippen molar-refractivity contribution in [1.29, 1.82) is 0 Å². The van der Waals surface area contributed by atoms with Crippen LogP contribution in [0.2, 0.25) is 0 Å². The normalized spacial score (nSPS) is 18.2. The Labute approximate surface area is 186 Å². The number of benzene rings is 1. The fourth-order valence-electron chi connectivity index (χ4n) is 3.68. The first kappa shape index (κ1) is 23.0. The zero-order valence-corrected chi connectivity index (χ0v) is 18.6. The van der Waals surface area contributed by atoms with Crippen molar-refractivity contribution in [2.45, 2.75) is 51.6 Å². The van der Waals surface area contributed by atoms with Gasteiger partial charge in [-0.05, 0) is 74.7 Å². The van der Waals surface area contributed by atoms with Gasteiger partial charge in [-0.25, -0.2) is 0 Å². The van der Waals surface area contributed by atoms with E-state index in [4.69, 9.17) is 9.47 Å². The first-order valence-electron chi connectivity index (χ1n) is 10.8. The summed E-state index contributed by atoms with van der Waals surface area (Å²) in [7, 11) is 0. The number of hydrogen-bond donors (Lipinski definition) is 1. The Morgan fingerprint density at radius 1 is 1.03 bits per heavy atom. The van der Waals surface area contributed by atoms with Crippen LogP contribution in [0.3, 0.4) is 0 Å². The molecule has 1 N–H and O–H groups in total. The molecule has 0 saturated heterocycles. The van der Waals surface area contributed by atoms with Crippen LogP contribution in [-0.4, -0.2) is 36.9 Å². The van der Waals surface area contributed by atoms with Gasteiger partial charge in [0, 0.05) is 29.5 Å². The highest BCUT2D eigenvalue weighted by Crippen LogP contribution is 2.28. The van der Waals surface area contributed by atoms with E-state index in [1.54, 1.807) is 23.6 Å². The van der Waals surface area contributed by atoms with Crippen LogP contribution in [0.15, 0.2) is 41.1 Å². The smallest absolute Gasteiger partial charge is 0.308 e. The molecule has 166 valence electrons. The predicted molar refractivity (Wildman–Crippen MR) is 120 cm³/mol. The molecule has 0 aliphatic heterocycles. The molecule has 2 aromatic rings. The molecular formula is C24H29NO5S.